The monoisotopic (exact) mass is 478 g/mol. The highest BCUT2D eigenvalue weighted by Crippen LogP contribution is 2.27. The molecule has 176 valence electrons. The molecule has 0 saturated carbocycles. The first kappa shape index (κ1) is 24.3. The normalized spacial score (nSPS) is 12.1. The van der Waals surface area contributed by atoms with Gasteiger partial charge in [-0.1, -0.05) is 20.8 Å². The average molecular weight is 479 g/mol. The fourth-order valence-corrected chi connectivity index (χ4v) is 4.53. The van der Waals surface area contributed by atoms with E-state index in [0.717, 1.165) is 40.0 Å². The Hall–Kier alpha value is -3.34. The zero-order valence-corrected chi connectivity index (χ0v) is 19.4. The quantitative estimate of drug-likeness (QED) is 0.569. The van der Waals surface area contributed by atoms with Crippen molar-refractivity contribution in [1.29, 1.82) is 0 Å². The molecule has 33 heavy (non-hydrogen) atoms. The molecule has 0 atom stereocenters. The van der Waals surface area contributed by atoms with Crippen molar-refractivity contribution in [2.45, 2.75) is 44.2 Å². The van der Waals surface area contributed by atoms with E-state index >= 15 is 0 Å². The molecule has 1 N–H and O–H groups in total. The number of carbonyl (C=O) groups is 1. The van der Waals surface area contributed by atoms with E-state index in [9.17, 15) is 27.1 Å². The molecule has 1 amide bonds. The summed E-state index contributed by atoms with van der Waals surface area (Å²) >= 11 is 0. The van der Waals surface area contributed by atoms with Crippen molar-refractivity contribution in [2.24, 2.45) is 5.41 Å². The van der Waals surface area contributed by atoms with Crippen LogP contribution < -0.4 is 0 Å². The SMILES string of the molecule is Cc1ccc(S(=O)(=O)c2cc(CN(CC(C)(C)C)C(=O)O)nn2-c2cc(F)ccc2F)cn1. The largest absolute Gasteiger partial charge is 0.465 e. The van der Waals surface area contributed by atoms with Crippen LogP contribution >= 0.6 is 0 Å². The van der Waals surface area contributed by atoms with Crippen LogP contribution in [0.3, 0.4) is 0 Å². The molecular formula is C22H24F2N4O4S. The Labute approximate surface area is 190 Å². The van der Waals surface area contributed by atoms with E-state index in [1.165, 1.54) is 12.1 Å². The topological polar surface area (TPSA) is 105 Å². The van der Waals surface area contributed by atoms with E-state index in [4.69, 9.17) is 0 Å². The van der Waals surface area contributed by atoms with Crippen LogP contribution in [-0.4, -0.2) is 45.8 Å². The number of amides is 1. The zero-order valence-electron chi connectivity index (χ0n) is 18.6. The fraction of sp³-hybridized carbons (Fsp3) is 0.318. The van der Waals surface area contributed by atoms with Gasteiger partial charge < -0.3 is 10.0 Å². The Morgan fingerprint density at radius 2 is 1.85 bits per heavy atom. The molecule has 0 unspecified atom stereocenters. The molecule has 3 rings (SSSR count). The third-order valence-corrected chi connectivity index (χ3v) is 6.33. The lowest BCUT2D eigenvalue weighted by molar-refractivity contribution is 0.122. The van der Waals surface area contributed by atoms with E-state index in [2.05, 4.69) is 10.1 Å². The number of benzene rings is 1. The second-order valence-electron chi connectivity index (χ2n) is 8.82. The summed E-state index contributed by atoms with van der Waals surface area (Å²) in [5, 5.41) is 13.3. The maximum Gasteiger partial charge on any atom is 0.407 e. The van der Waals surface area contributed by atoms with Gasteiger partial charge in [-0.05, 0) is 36.6 Å². The second kappa shape index (κ2) is 8.89. The number of aromatic nitrogens is 3. The lowest BCUT2D eigenvalue weighted by atomic mass is 9.96. The van der Waals surface area contributed by atoms with Crippen LogP contribution in [0.1, 0.15) is 32.2 Å². The van der Waals surface area contributed by atoms with Crippen LogP contribution in [0, 0.1) is 24.0 Å². The third-order valence-electron chi connectivity index (χ3n) is 4.62. The maximum atomic E-state index is 14.6. The molecule has 2 aromatic heterocycles. The van der Waals surface area contributed by atoms with Crippen LogP contribution in [-0.2, 0) is 16.4 Å². The minimum Gasteiger partial charge on any atom is -0.465 e. The number of rotatable bonds is 6. The van der Waals surface area contributed by atoms with Gasteiger partial charge in [0.05, 0.1) is 17.1 Å². The Balaban J connectivity index is 2.17. The number of halogens is 2. The second-order valence-corrected chi connectivity index (χ2v) is 10.7. The van der Waals surface area contributed by atoms with Crippen LogP contribution in [0.4, 0.5) is 13.6 Å². The van der Waals surface area contributed by atoms with Gasteiger partial charge in [0, 0.05) is 30.6 Å². The highest BCUT2D eigenvalue weighted by Gasteiger charge is 2.29. The van der Waals surface area contributed by atoms with Crippen molar-refractivity contribution in [3.63, 3.8) is 0 Å². The summed E-state index contributed by atoms with van der Waals surface area (Å²) in [6, 6.07) is 6.60. The zero-order chi connectivity index (χ0) is 24.6. The summed E-state index contributed by atoms with van der Waals surface area (Å²) in [4.78, 5) is 16.7. The van der Waals surface area contributed by atoms with Crippen LogP contribution in [0.5, 0.6) is 0 Å². The number of nitrogens with zero attached hydrogens (tertiary/aromatic N) is 4. The summed E-state index contributed by atoms with van der Waals surface area (Å²) in [5.74, 6) is -1.68. The van der Waals surface area contributed by atoms with E-state index in [1.54, 1.807) is 6.92 Å². The number of aryl methyl sites for hydroxylation is 1. The molecule has 0 aliphatic heterocycles. The smallest absolute Gasteiger partial charge is 0.407 e. The molecule has 0 aliphatic carbocycles. The highest BCUT2D eigenvalue weighted by molar-refractivity contribution is 7.91. The van der Waals surface area contributed by atoms with Crippen LogP contribution in [0.2, 0.25) is 0 Å². The van der Waals surface area contributed by atoms with Gasteiger partial charge in [0.2, 0.25) is 9.84 Å². The van der Waals surface area contributed by atoms with Gasteiger partial charge in [-0.2, -0.15) is 5.10 Å². The third kappa shape index (κ3) is 5.54. The number of hydrogen-bond acceptors (Lipinski definition) is 5. The summed E-state index contributed by atoms with van der Waals surface area (Å²) < 4.78 is 55.9. The van der Waals surface area contributed by atoms with Crippen molar-refractivity contribution in [2.75, 3.05) is 6.54 Å². The lowest BCUT2D eigenvalue weighted by Crippen LogP contribution is -2.36. The minimum atomic E-state index is -4.25. The first-order chi connectivity index (χ1) is 15.3. The van der Waals surface area contributed by atoms with Gasteiger partial charge in [0.15, 0.2) is 5.03 Å². The van der Waals surface area contributed by atoms with E-state index in [-0.39, 0.29) is 29.1 Å². The lowest BCUT2D eigenvalue weighted by Gasteiger charge is -2.27. The van der Waals surface area contributed by atoms with Crippen molar-refractivity contribution in [3.8, 4) is 5.69 Å². The van der Waals surface area contributed by atoms with E-state index in [0.29, 0.717) is 5.69 Å². The molecule has 3 aromatic rings. The van der Waals surface area contributed by atoms with Crippen LogP contribution in [0.15, 0.2) is 52.5 Å². The molecule has 0 radical (unpaired) electrons. The van der Waals surface area contributed by atoms with Gasteiger partial charge in [-0.15, -0.1) is 0 Å². The Morgan fingerprint density at radius 3 is 2.42 bits per heavy atom. The summed E-state index contributed by atoms with van der Waals surface area (Å²) in [6.45, 7) is 7.15. The molecule has 0 bridgehead atoms. The van der Waals surface area contributed by atoms with Crippen molar-refractivity contribution in [1.82, 2.24) is 19.7 Å². The molecule has 0 fully saturated rings. The predicted octanol–water partition coefficient (Wildman–Crippen LogP) is 4.21. The van der Waals surface area contributed by atoms with Crippen molar-refractivity contribution >= 4 is 15.9 Å². The van der Waals surface area contributed by atoms with Gasteiger partial charge in [-0.25, -0.2) is 26.7 Å². The number of carboxylic acid groups (broad SMARTS) is 1. The van der Waals surface area contributed by atoms with Gasteiger partial charge >= 0.3 is 6.09 Å². The molecule has 11 heteroatoms. The van der Waals surface area contributed by atoms with Crippen LogP contribution in [0.25, 0.3) is 5.69 Å². The van der Waals surface area contributed by atoms with Crippen molar-refractivity contribution in [3.05, 3.63) is 65.6 Å². The fourth-order valence-electron chi connectivity index (χ4n) is 3.19. The maximum absolute atomic E-state index is 14.6. The predicted molar refractivity (Wildman–Crippen MR) is 116 cm³/mol. The number of sulfone groups is 1. The standard InChI is InChI=1S/C22H24F2N4O4S/c1-14-5-7-17(11-25-14)33(31,32)20-10-16(12-27(21(29)30)13-22(2,3)4)26-28(20)19-9-15(23)6-8-18(19)24/h5-11H,12-13H2,1-4H3,(H,29,30). The van der Waals surface area contributed by atoms with E-state index in [1.807, 2.05) is 20.8 Å². The number of pyridine rings is 1. The summed E-state index contributed by atoms with van der Waals surface area (Å²) in [7, 11) is -4.25. The summed E-state index contributed by atoms with van der Waals surface area (Å²) in [6.07, 6.45) is -0.0594. The molecule has 8 nitrogen and oxygen atoms in total. The highest BCUT2D eigenvalue weighted by atomic mass is 32.2. The van der Waals surface area contributed by atoms with Gasteiger partial charge in [0.1, 0.15) is 17.3 Å². The van der Waals surface area contributed by atoms with E-state index < -0.39 is 38.3 Å². The van der Waals surface area contributed by atoms with Gasteiger partial charge in [0.25, 0.3) is 0 Å². The molecule has 2 heterocycles. The average Bonchev–Trinajstić information content (AvgIpc) is 3.13. The molecule has 0 saturated heterocycles. The molecule has 1 aromatic carbocycles. The molecule has 0 spiro atoms. The van der Waals surface area contributed by atoms with Gasteiger partial charge in [-0.3, -0.25) is 4.98 Å². The molecular weight excluding hydrogens is 454 g/mol. The number of hydrogen-bond donors (Lipinski definition) is 1. The first-order valence-electron chi connectivity index (χ1n) is 9.98. The van der Waals surface area contributed by atoms with Crippen molar-refractivity contribution < 1.29 is 27.1 Å². The Bertz CT molecular complexity index is 1280. The molecule has 0 aliphatic rings. The summed E-state index contributed by atoms with van der Waals surface area (Å²) in [5.41, 5.74) is -0.141. The minimum absolute atomic E-state index is 0.0592. The Kier molecular flexibility index (Phi) is 6.55. The first-order valence-corrected chi connectivity index (χ1v) is 11.5. The Morgan fingerprint density at radius 1 is 1.15 bits per heavy atom.